The van der Waals surface area contributed by atoms with Gasteiger partial charge in [-0.3, -0.25) is 4.98 Å². The molecule has 1 unspecified atom stereocenters. The summed E-state index contributed by atoms with van der Waals surface area (Å²) < 4.78 is 5.75. The minimum atomic E-state index is -0.716. The number of aliphatic imine (C=N–C) groups is 1. The van der Waals surface area contributed by atoms with Gasteiger partial charge in [0.05, 0.1) is 12.0 Å². The fourth-order valence-corrected chi connectivity index (χ4v) is 2.25. The molecule has 0 fully saturated rings. The molecule has 1 aliphatic rings. The van der Waals surface area contributed by atoms with Crippen LogP contribution in [0.2, 0.25) is 0 Å². The Morgan fingerprint density at radius 1 is 1.16 bits per heavy atom. The third-order valence-electron chi connectivity index (χ3n) is 3.13. The maximum absolute atomic E-state index is 5.75. The number of halogens is 1. The summed E-state index contributed by atoms with van der Waals surface area (Å²) >= 11 is 0. The fraction of sp³-hybridized carbons (Fsp3) is 0.143. The van der Waals surface area contributed by atoms with Gasteiger partial charge >= 0.3 is 0 Å². The first-order chi connectivity index (χ1) is 8.87. The van der Waals surface area contributed by atoms with E-state index in [1.165, 1.54) is 0 Å². The van der Waals surface area contributed by atoms with Crippen LogP contribution in [0.15, 0.2) is 53.8 Å². The van der Waals surface area contributed by atoms with Crippen LogP contribution in [0.3, 0.4) is 0 Å². The lowest BCUT2D eigenvalue weighted by Crippen LogP contribution is -2.46. The topological polar surface area (TPSA) is 46.5 Å². The van der Waals surface area contributed by atoms with E-state index in [9.17, 15) is 0 Å². The van der Waals surface area contributed by atoms with Crippen LogP contribution >= 0.6 is 12.4 Å². The highest BCUT2D eigenvalue weighted by molar-refractivity contribution is 5.85. The molecule has 19 heavy (non-hydrogen) atoms. The van der Waals surface area contributed by atoms with Gasteiger partial charge in [-0.05, 0) is 12.1 Å². The second kappa shape index (κ2) is 5.38. The number of methoxy groups -OCH3 is 1. The molecule has 0 saturated carbocycles. The average molecular weight is 276 g/mol. The zero-order chi connectivity index (χ0) is 12.4. The standard InChI is InChI=1S/C14H13N3O.ClH/c1-18-14(11-5-4-8-15-9-11)12-6-2-3-7-13(12)16-10-17-14;/h2-10H,1H3,(H,16,17);1H. The molecule has 1 aromatic carbocycles. The number of hydrogen-bond donors (Lipinski definition) is 1. The van der Waals surface area contributed by atoms with Crippen LogP contribution in [-0.2, 0) is 10.5 Å². The third kappa shape index (κ3) is 2.09. The summed E-state index contributed by atoms with van der Waals surface area (Å²) in [5, 5.41) is 3.20. The van der Waals surface area contributed by atoms with Gasteiger partial charge in [0.15, 0.2) is 5.72 Å². The Bertz CT molecular complexity index is 588. The van der Waals surface area contributed by atoms with Crippen LogP contribution < -0.4 is 5.32 Å². The molecule has 2 aromatic rings. The highest BCUT2D eigenvalue weighted by atomic mass is 35.5. The predicted molar refractivity (Wildman–Crippen MR) is 77.0 cm³/mol. The van der Waals surface area contributed by atoms with Gasteiger partial charge < -0.3 is 10.1 Å². The number of rotatable bonds is 2. The number of fused-ring (bicyclic) bond motifs is 1. The summed E-state index contributed by atoms with van der Waals surface area (Å²) in [5.41, 5.74) is 2.13. The summed E-state index contributed by atoms with van der Waals surface area (Å²) in [7, 11) is 1.68. The van der Waals surface area contributed by atoms with Crippen molar-refractivity contribution < 1.29 is 4.74 Å². The second-order valence-electron chi connectivity index (χ2n) is 4.05. The van der Waals surface area contributed by atoms with Crippen molar-refractivity contribution in [2.75, 3.05) is 7.11 Å². The SMILES string of the molecule is COC1(c2cccnc2)NC=Nc2ccccc21.Cl. The Labute approximate surface area is 118 Å². The van der Waals surface area contributed by atoms with E-state index in [-0.39, 0.29) is 12.4 Å². The molecule has 0 aliphatic carbocycles. The molecule has 1 atom stereocenters. The Balaban J connectivity index is 0.00000133. The van der Waals surface area contributed by atoms with Crippen molar-refractivity contribution in [3.63, 3.8) is 0 Å². The van der Waals surface area contributed by atoms with Crippen LogP contribution in [-0.4, -0.2) is 18.4 Å². The fourth-order valence-electron chi connectivity index (χ4n) is 2.25. The molecule has 0 spiro atoms. The van der Waals surface area contributed by atoms with Gasteiger partial charge in [-0.25, -0.2) is 4.99 Å². The van der Waals surface area contributed by atoms with E-state index in [2.05, 4.69) is 15.3 Å². The number of aromatic nitrogens is 1. The normalized spacial score (nSPS) is 20.1. The lowest BCUT2D eigenvalue weighted by molar-refractivity contribution is 0.00862. The third-order valence-corrected chi connectivity index (χ3v) is 3.13. The van der Waals surface area contributed by atoms with Crippen LogP contribution in [0, 0.1) is 0 Å². The van der Waals surface area contributed by atoms with E-state index in [0.717, 1.165) is 16.8 Å². The summed E-state index contributed by atoms with van der Waals surface area (Å²) in [6.45, 7) is 0. The molecule has 2 heterocycles. The number of benzene rings is 1. The molecule has 98 valence electrons. The van der Waals surface area contributed by atoms with Crippen LogP contribution in [0.5, 0.6) is 0 Å². The molecule has 3 rings (SSSR count). The van der Waals surface area contributed by atoms with Crippen molar-refractivity contribution in [2.24, 2.45) is 4.99 Å². The van der Waals surface area contributed by atoms with Gasteiger partial charge in [-0.2, -0.15) is 0 Å². The summed E-state index contributed by atoms with van der Waals surface area (Å²) in [6, 6.07) is 11.8. The molecular formula is C14H14ClN3O. The van der Waals surface area contributed by atoms with E-state index in [1.54, 1.807) is 25.8 Å². The van der Waals surface area contributed by atoms with Crippen molar-refractivity contribution >= 4 is 24.4 Å². The Morgan fingerprint density at radius 3 is 2.74 bits per heavy atom. The zero-order valence-electron chi connectivity index (χ0n) is 10.4. The molecule has 1 N–H and O–H groups in total. The molecule has 0 bridgehead atoms. The zero-order valence-corrected chi connectivity index (χ0v) is 11.2. The van der Waals surface area contributed by atoms with E-state index < -0.39 is 5.72 Å². The number of hydrogen-bond acceptors (Lipinski definition) is 4. The molecule has 0 saturated heterocycles. The highest BCUT2D eigenvalue weighted by Crippen LogP contribution is 2.37. The number of ether oxygens (including phenoxy) is 1. The molecule has 4 nitrogen and oxygen atoms in total. The molecule has 5 heteroatoms. The molecule has 1 aliphatic heterocycles. The van der Waals surface area contributed by atoms with Crippen LogP contribution in [0.25, 0.3) is 0 Å². The summed E-state index contributed by atoms with van der Waals surface area (Å²) in [6.07, 6.45) is 5.21. The van der Waals surface area contributed by atoms with Crippen molar-refractivity contribution in [3.8, 4) is 0 Å². The van der Waals surface area contributed by atoms with E-state index in [0.29, 0.717) is 0 Å². The largest absolute Gasteiger partial charge is 0.350 e. The Hall–Kier alpha value is -1.91. The first-order valence-corrected chi connectivity index (χ1v) is 5.72. The van der Waals surface area contributed by atoms with Gasteiger partial charge in [0.1, 0.15) is 0 Å². The summed E-state index contributed by atoms with van der Waals surface area (Å²) in [4.78, 5) is 8.49. The van der Waals surface area contributed by atoms with Crippen molar-refractivity contribution in [2.45, 2.75) is 5.72 Å². The Kier molecular flexibility index (Phi) is 3.83. The van der Waals surface area contributed by atoms with E-state index in [4.69, 9.17) is 4.74 Å². The van der Waals surface area contributed by atoms with Gasteiger partial charge in [-0.1, -0.05) is 24.3 Å². The summed E-state index contributed by atoms with van der Waals surface area (Å²) in [5.74, 6) is 0. The highest BCUT2D eigenvalue weighted by Gasteiger charge is 2.37. The van der Waals surface area contributed by atoms with Gasteiger partial charge in [0.25, 0.3) is 0 Å². The van der Waals surface area contributed by atoms with Crippen LogP contribution in [0.4, 0.5) is 5.69 Å². The van der Waals surface area contributed by atoms with Crippen molar-refractivity contribution in [1.82, 2.24) is 10.3 Å². The van der Waals surface area contributed by atoms with Crippen LogP contribution in [0.1, 0.15) is 11.1 Å². The number of nitrogens with one attached hydrogen (secondary N) is 1. The first-order valence-electron chi connectivity index (χ1n) is 5.72. The average Bonchev–Trinajstić information content (AvgIpc) is 2.47. The molecule has 0 radical (unpaired) electrons. The second-order valence-corrected chi connectivity index (χ2v) is 4.05. The van der Waals surface area contributed by atoms with Crippen molar-refractivity contribution in [1.29, 1.82) is 0 Å². The number of para-hydroxylation sites is 1. The molecule has 1 aromatic heterocycles. The van der Waals surface area contributed by atoms with Gasteiger partial charge in [0.2, 0.25) is 0 Å². The van der Waals surface area contributed by atoms with Crippen molar-refractivity contribution in [3.05, 3.63) is 59.9 Å². The first kappa shape index (κ1) is 13.5. The van der Waals surface area contributed by atoms with Gasteiger partial charge in [-0.15, -0.1) is 12.4 Å². The van der Waals surface area contributed by atoms with Gasteiger partial charge in [0, 0.05) is 30.6 Å². The number of nitrogens with zero attached hydrogens (tertiary/aromatic N) is 2. The quantitative estimate of drug-likeness (QED) is 0.916. The lowest BCUT2D eigenvalue weighted by Gasteiger charge is -2.36. The maximum atomic E-state index is 5.75. The minimum absolute atomic E-state index is 0. The van der Waals surface area contributed by atoms with E-state index >= 15 is 0 Å². The smallest absolute Gasteiger partial charge is 0.195 e. The predicted octanol–water partition coefficient (Wildman–Crippen LogP) is 2.61. The maximum Gasteiger partial charge on any atom is 0.195 e. The number of pyridine rings is 1. The molecular weight excluding hydrogens is 262 g/mol. The Morgan fingerprint density at radius 2 is 2.00 bits per heavy atom. The monoisotopic (exact) mass is 275 g/mol. The minimum Gasteiger partial charge on any atom is -0.350 e. The lowest BCUT2D eigenvalue weighted by atomic mass is 9.93. The molecule has 0 amide bonds. The van der Waals surface area contributed by atoms with E-state index in [1.807, 2.05) is 36.4 Å².